The van der Waals surface area contributed by atoms with Gasteiger partial charge in [-0.1, -0.05) is 6.42 Å². The minimum absolute atomic E-state index is 0.174. The van der Waals surface area contributed by atoms with Crippen LogP contribution in [0.2, 0.25) is 0 Å². The van der Waals surface area contributed by atoms with Crippen LogP contribution in [-0.2, 0) is 9.53 Å². The van der Waals surface area contributed by atoms with Crippen LogP contribution in [0, 0.1) is 0 Å². The lowest BCUT2D eigenvalue weighted by Gasteiger charge is -2.38. The monoisotopic (exact) mass is 280 g/mol. The van der Waals surface area contributed by atoms with Crippen molar-refractivity contribution in [2.24, 2.45) is 0 Å². The van der Waals surface area contributed by atoms with E-state index in [9.17, 15) is 18.0 Å². The van der Waals surface area contributed by atoms with Gasteiger partial charge in [-0.05, 0) is 19.4 Å². The van der Waals surface area contributed by atoms with Gasteiger partial charge in [-0.15, -0.1) is 0 Å². The molecule has 110 valence electrons. The maximum absolute atomic E-state index is 12.5. The highest BCUT2D eigenvalue weighted by Gasteiger charge is 2.39. The predicted octanol–water partition coefficient (Wildman–Crippen LogP) is 1.26. The van der Waals surface area contributed by atoms with Crippen LogP contribution < -0.4 is 0 Å². The smallest absolute Gasteiger partial charge is 0.378 e. The summed E-state index contributed by atoms with van der Waals surface area (Å²) >= 11 is 0. The number of ether oxygens (including phenoxy) is 1. The van der Waals surface area contributed by atoms with Crippen molar-refractivity contribution in [3.63, 3.8) is 0 Å². The summed E-state index contributed by atoms with van der Waals surface area (Å²) < 4.78 is 42.8. The highest BCUT2D eigenvalue weighted by Crippen LogP contribution is 2.24. The van der Waals surface area contributed by atoms with Crippen molar-refractivity contribution in [2.45, 2.75) is 31.5 Å². The lowest BCUT2D eigenvalue weighted by molar-refractivity contribution is -0.163. The lowest BCUT2D eigenvalue weighted by Crippen LogP contribution is -2.55. The zero-order chi connectivity index (χ0) is 13.9. The number of halogens is 3. The fourth-order valence-corrected chi connectivity index (χ4v) is 2.68. The van der Waals surface area contributed by atoms with E-state index in [4.69, 9.17) is 4.74 Å². The number of nitrogens with zero attached hydrogens (tertiary/aromatic N) is 2. The van der Waals surface area contributed by atoms with E-state index in [1.165, 1.54) is 4.90 Å². The Kier molecular flexibility index (Phi) is 4.67. The molecule has 1 unspecified atom stereocenters. The van der Waals surface area contributed by atoms with Gasteiger partial charge in [-0.25, -0.2) is 0 Å². The molecule has 0 aromatic rings. The SMILES string of the molecule is O=C(C1CCCCN1CC(F)(F)F)N1CCOCC1. The summed E-state index contributed by atoms with van der Waals surface area (Å²) in [6.45, 7) is 1.26. The number of hydrogen-bond acceptors (Lipinski definition) is 3. The van der Waals surface area contributed by atoms with E-state index in [1.54, 1.807) is 4.90 Å². The maximum Gasteiger partial charge on any atom is 0.401 e. The molecule has 0 aromatic heterocycles. The Bertz CT molecular complexity index is 317. The molecular formula is C12H19F3N2O2. The average molecular weight is 280 g/mol. The normalized spacial score (nSPS) is 26.5. The van der Waals surface area contributed by atoms with Crippen molar-refractivity contribution in [1.29, 1.82) is 0 Å². The molecule has 0 spiro atoms. The van der Waals surface area contributed by atoms with E-state index in [0.29, 0.717) is 39.3 Å². The molecular weight excluding hydrogens is 261 g/mol. The molecule has 7 heteroatoms. The zero-order valence-corrected chi connectivity index (χ0v) is 10.8. The first-order valence-corrected chi connectivity index (χ1v) is 6.65. The van der Waals surface area contributed by atoms with Gasteiger partial charge in [-0.2, -0.15) is 13.2 Å². The first-order valence-electron chi connectivity index (χ1n) is 6.65. The molecule has 0 aliphatic carbocycles. The maximum atomic E-state index is 12.5. The summed E-state index contributed by atoms with van der Waals surface area (Å²) in [7, 11) is 0. The third-order valence-corrected chi connectivity index (χ3v) is 3.60. The van der Waals surface area contributed by atoms with E-state index in [0.717, 1.165) is 12.8 Å². The number of rotatable bonds is 2. The second-order valence-electron chi connectivity index (χ2n) is 5.03. The molecule has 2 aliphatic rings. The van der Waals surface area contributed by atoms with Gasteiger partial charge in [0.25, 0.3) is 0 Å². The van der Waals surface area contributed by atoms with Gasteiger partial charge >= 0.3 is 6.18 Å². The third kappa shape index (κ3) is 4.07. The minimum atomic E-state index is -4.25. The van der Waals surface area contributed by atoms with Crippen molar-refractivity contribution in [2.75, 3.05) is 39.4 Å². The first-order chi connectivity index (χ1) is 8.97. The summed E-state index contributed by atoms with van der Waals surface area (Å²) in [5, 5.41) is 0. The summed E-state index contributed by atoms with van der Waals surface area (Å²) in [4.78, 5) is 15.2. The number of morpholine rings is 1. The summed E-state index contributed by atoms with van der Waals surface area (Å²) in [5.41, 5.74) is 0. The van der Waals surface area contributed by atoms with Gasteiger partial charge < -0.3 is 9.64 Å². The second-order valence-corrected chi connectivity index (χ2v) is 5.03. The molecule has 2 heterocycles. The molecule has 0 saturated carbocycles. The number of likely N-dealkylation sites (tertiary alicyclic amines) is 1. The van der Waals surface area contributed by atoms with Gasteiger partial charge in [0.15, 0.2) is 0 Å². The molecule has 4 nitrogen and oxygen atoms in total. The molecule has 1 atom stereocenters. The van der Waals surface area contributed by atoms with Crippen molar-refractivity contribution in [3.8, 4) is 0 Å². The minimum Gasteiger partial charge on any atom is -0.378 e. The molecule has 0 bridgehead atoms. The third-order valence-electron chi connectivity index (χ3n) is 3.60. The molecule has 2 saturated heterocycles. The highest BCUT2D eigenvalue weighted by molar-refractivity contribution is 5.82. The van der Waals surface area contributed by atoms with Crippen molar-refractivity contribution < 1.29 is 22.7 Å². The Morgan fingerprint density at radius 3 is 2.47 bits per heavy atom. The van der Waals surface area contributed by atoms with Gasteiger partial charge in [0, 0.05) is 13.1 Å². The average Bonchev–Trinajstić information content (AvgIpc) is 2.38. The fraction of sp³-hybridized carbons (Fsp3) is 0.917. The summed E-state index contributed by atoms with van der Waals surface area (Å²) in [6, 6.07) is -0.617. The zero-order valence-electron chi connectivity index (χ0n) is 10.8. The number of piperidine rings is 1. The van der Waals surface area contributed by atoms with Crippen molar-refractivity contribution in [1.82, 2.24) is 9.80 Å². The van der Waals surface area contributed by atoms with Gasteiger partial charge in [0.2, 0.25) is 5.91 Å². The molecule has 0 N–H and O–H groups in total. The molecule has 1 amide bonds. The number of alkyl halides is 3. The Morgan fingerprint density at radius 1 is 1.16 bits per heavy atom. The van der Waals surface area contributed by atoms with E-state index < -0.39 is 18.8 Å². The van der Waals surface area contributed by atoms with Crippen LogP contribution in [0.1, 0.15) is 19.3 Å². The quantitative estimate of drug-likeness (QED) is 0.763. The Hall–Kier alpha value is -0.820. The second kappa shape index (κ2) is 6.09. The molecule has 0 aromatic carbocycles. The Labute approximate surface area is 110 Å². The van der Waals surface area contributed by atoms with Crippen molar-refractivity contribution >= 4 is 5.91 Å². The van der Waals surface area contributed by atoms with Crippen LogP contribution in [0.5, 0.6) is 0 Å². The Balaban J connectivity index is 1.99. The first kappa shape index (κ1) is 14.6. The van der Waals surface area contributed by atoms with Crippen molar-refractivity contribution in [3.05, 3.63) is 0 Å². The molecule has 2 fully saturated rings. The van der Waals surface area contributed by atoms with E-state index >= 15 is 0 Å². The van der Waals surface area contributed by atoms with Gasteiger partial charge in [0.1, 0.15) is 0 Å². The number of hydrogen-bond donors (Lipinski definition) is 0. The van der Waals surface area contributed by atoms with E-state index in [1.807, 2.05) is 0 Å². The molecule has 2 aliphatic heterocycles. The van der Waals surface area contributed by atoms with Crippen LogP contribution in [0.4, 0.5) is 13.2 Å². The summed E-state index contributed by atoms with van der Waals surface area (Å²) in [5.74, 6) is -0.174. The number of amides is 1. The summed E-state index contributed by atoms with van der Waals surface area (Å²) in [6.07, 6.45) is -2.19. The predicted molar refractivity (Wildman–Crippen MR) is 62.7 cm³/mol. The van der Waals surface area contributed by atoms with Gasteiger partial charge in [-0.3, -0.25) is 9.69 Å². The largest absolute Gasteiger partial charge is 0.401 e. The Morgan fingerprint density at radius 2 is 1.84 bits per heavy atom. The standard InChI is InChI=1S/C12H19F3N2O2/c13-12(14,15)9-17-4-2-1-3-10(17)11(18)16-5-7-19-8-6-16/h10H,1-9H2. The highest BCUT2D eigenvalue weighted by atomic mass is 19.4. The van der Waals surface area contributed by atoms with Crippen LogP contribution in [-0.4, -0.2) is 67.3 Å². The van der Waals surface area contributed by atoms with Gasteiger partial charge in [0.05, 0.1) is 25.8 Å². The number of carbonyl (C=O) groups excluding carboxylic acids is 1. The lowest BCUT2D eigenvalue weighted by atomic mass is 10.0. The topological polar surface area (TPSA) is 32.8 Å². The van der Waals surface area contributed by atoms with Crippen LogP contribution in [0.15, 0.2) is 0 Å². The fourth-order valence-electron chi connectivity index (χ4n) is 2.68. The van der Waals surface area contributed by atoms with Crippen LogP contribution in [0.3, 0.4) is 0 Å². The number of carbonyl (C=O) groups is 1. The van der Waals surface area contributed by atoms with E-state index in [2.05, 4.69) is 0 Å². The van der Waals surface area contributed by atoms with E-state index in [-0.39, 0.29) is 5.91 Å². The molecule has 2 rings (SSSR count). The van der Waals surface area contributed by atoms with Crippen LogP contribution >= 0.6 is 0 Å². The molecule has 19 heavy (non-hydrogen) atoms. The molecule has 0 radical (unpaired) electrons. The van der Waals surface area contributed by atoms with Crippen LogP contribution in [0.25, 0.3) is 0 Å².